The maximum Gasteiger partial charge on any atom is 0.272 e. The van der Waals surface area contributed by atoms with Gasteiger partial charge in [-0.25, -0.2) is 9.49 Å². The van der Waals surface area contributed by atoms with Gasteiger partial charge < -0.3 is 4.74 Å². The molecule has 0 spiro atoms. The van der Waals surface area contributed by atoms with Crippen molar-refractivity contribution in [1.82, 2.24) is 10.2 Å². The van der Waals surface area contributed by atoms with Crippen LogP contribution in [-0.4, -0.2) is 10.2 Å². The van der Waals surface area contributed by atoms with Crippen molar-refractivity contribution in [2.45, 2.75) is 13.5 Å². The van der Waals surface area contributed by atoms with Crippen LogP contribution in [0, 0.1) is 12.7 Å². The molecule has 0 saturated carbocycles. The molecule has 0 unspecified atom stereocenters. The topological polar surface area (TPSA) is 55.0 Å². The lowest BCUT2D eigenvalue weighted by Crippen LogP contribution is -2.15. The molecule has 0 fully saturated rings. The third-order valence-electron chi connectivity index (χ3n) is 4.89. The van der Waals surface area contributed by atoms with Gasteiger partial charge >= 0.3 is 0 Å². The van der Waals surface area contributed by atoms with Gasteiger partial charge in [-0.2, -0.15) is 5.10 Å². The van der Waals surface area contributed by atoms with Gasteiger partial charge in [0.05, 0.1) is 11.3 Å². The summed E-state index contributed by atoms with van der Waals surface area (Å²) in [6.45, 7) is 2.24. The van der Waals surface area contributed by atoms with Crippen molar-refractivity contribution in [2.24, 2.45) is 0 Å². The van der Waals surface area contributed by atoms with E-state index in [2.05, 4.69) is 10.2 Å². The maximum absolute atomic E-state index is 13.5. The lowest BCUT2D eigenvalue weighted by Gasteiger charge is -2.14. The second kappa shape index (κ2) is 9.22. The molecule has 4 aromatic rings. The zero-order valence-corrected chi connectivity index (χ0v) is 17.0. The number of hydrogen-bond acceptors (Lipinski definition) is 3. The Bertz CT molecular complexity index is 1280. The van der Waals surface area contributed by atoms with E-state index in [9.17, 15) is 9.18 Å². The summed E-state index contributed by atoms with van der Waals surface area (Å²) < 4.78 is 19.6. The lowest BCUT2D eigenvalue weighted by molar-refractivity contribution is 0.307. The zero-order valence-electron chi connectivity index (χ0n) is 17.0. The van der Waals surface area contributed by atoms with Gasteiger partial charge in [-0.05, 0) is 42.3 Å². The van der Waals surface area contributed by atoms with Crippen LogP contribution < -0.4 is 10.3 Å². The first-order valence-corrected chi connectivity index (χ1v) is 9.91. The van der Waals surface area contributed by atoms with Crippen molar-refractivity contribution < 1.29 is 9.13 Å². The second-order valence-corrected chi connectivity index (χ2v) is 7.09. The van der Waals surface area contributed by atoms with Crippen LogP contribution in [0.25, 0.3) is 23.3 Å². The van der Waals surface area contributed by atoms with Crippen LogP contribution in [0.1, 0.15) is 22.4 Å². The highest BCUT2D eigenvalue weighted by Crippen LogP contribution is 2.34. The first-order valence-electron chi connectivity index (χ1n) is 9.91. The second-order valence-electron chi connectivity index (χ2n) is 7.09. The number of rotatable bonds is 6. The number of aromatic amines is 1. The molecule has 0 aliphatic rings. The minimum atomic E-state index is -0.332. The number of ether oxygens (including phenoxy) is 1. The monoisotopic (exact) mass is 412 g/mol. The SMILES string of the molecule is Cc1n[nH]c(=O)c(C=Cc2cccc(F)c2)c1-c1ccccc1OCc1ccccc1. The smallest absolute Gasteiger partial charge is 0.272 e. The van der Waals surface area contributed by atoms with Crippen molar-refractivity contribution in [3.8, 4) is 16.9 Å². The molecule has 1 N–H and O–H groups in total. The predicted octanol–water partition coefficient (Wildman–Crippen LogP) is 5.63. The number of halogens is 1. The van der Waals surface area contributed by atoms with Gasteiger partial charge in [-0.1, -0.05) is 66.7 Å². The van der Waals surface area contributed by atoms with Crippen molar-refractivity contribution >= 4 is 12.2 Å². The molecule has 0 saturated heterocycles. The summed E-state index contributed by atoms with van der Waals surface area (Å²) in [6, 6.07) is 23.6. The van der Waals surface area contributed by atoms with Crippen LogP contribution >= 0.6 is 0 Å². The van der Waals surface area contributed by atoms with E-state index in [0.29, 0.717) is 34.7 Å². The first-order chi connectivity index (χ1) is 15.1. The van der Waals surface area contributed by atoms with Crippen LogP contribution in [-0.2, 0) is 6.61 Å². The quantitative estimate of drug-likeness (QED) is 0.446. The molecule has 31 heavy (non-hydrogen) atoms. The van der Waals surface area contributed by atoms with Gasteiger partial charge in [-0.15, -0.1) is 0 Å². The van der Waals surface area contributed by atoms with E-state index >= 15 is 0 Å². The normalized spacial score (nSPS) is 11.0. The molecule has 1 aromatic heterocycles. The molecule has 0 atom stereocenters. The van der Waals surface area contributed by atoms with Gasteiger partial charge in [0.2, 0.25) is 0 Å². The molecule has 0 aliphatic carbocycles. The molecular formula is C26H21FN2O2. The van der Waals surface area contributed by atoms with E-state index in [4.69, 9.17) is 4.74 Å². The lowest BCUT2D eigenvalue weighted by atomic mass is 9.98. The van der Waals surface area contributed by atoms with Crippen LogP contribution in [0.5, 0.6) is 5.75 Å². The van der Waals surface area contributed by atoms with E-state index in [0.717, 1.165) is 11.1 Å². The number of aryl methyl sites for hydroxylation is 1. The predicted molar refractivity (Wildman–Crippen MR) is 121 cm³/mol. The molecule has 3 aromatic carbocycles. The Morgan fingerprint density at radius 3 is 2.55 bits per heavy atom. The van der Waals surface area contributed by atoms with Crippen LogP contribution in [0.3, 0.4) is 0 Å². The van der Waals surface area contributed by atoms with Gasteiger partial charge in [0.15, 0.2) is 0 Å². The fourth-order valence-electron chi connectivity index (χ4n) is 3.38. The summed E-state index contributed by atoms with van der Waals surface area (Å²) in [4.78, 5) is 12.7. The van der Waals surface area contributed by atoms with Crippen molar-refractivity contribution in [3.63, 3.8) is 0 Å². The Balaban J connectivity index is 1.75. The zero-order chi connectivity index (χ0) is 21.6. The highest BCUT2D eigenvalue weighted by Gasteiger charge is 2.16. The fraction of sp³-hybridized carbons (Fsp3) is 0.0769. The Morgan fingerprint density at radius 1 is 0.968 bits per heavy atom. The number of hydrogen-bond donors (Lipinski definition) is 1. The average Bonchev–Trinajstić information content (AvgIpc) is 2.79. The third-order valence-corrected chi connectivity index (χ3v) is 4.89. The Hall–Kier alpha value is -3.99. The summed E-state index contributed by atoms with van der Waals surface area (Å²) in [5, 5.41) is 6.69. The molecule has 1 heterocycles. The van der Waals surface area contributed by atoms with E-state index in [-0.39, 0.29) is 11.4 Å². The van der Waals surface area contributed by atoms with Gasteiger partial charge in [0, 0.05) is 11.1 Å². The van der Waals surface area contributed by atoms with Crippen molar-refractivity contribution in [3.05, 3.63) is 117 Å². The first kappa shape index (κ1) is 20.3. The molecule has 5 heteroatoms. The summed E-state index contributed by atoms with van der Waals surface area (Å²) >= 11 is 0. The number of para-hydroxylation sites is 1. The van der Waals surface area contributed by atoms with E-state index in [1.807, 2.05) is 61.5 Å². The third kappa shape index (κ3) is 4.78. The van der Waals surface area contributed by atoms with E-state index in [1.165, 1.54) is 12.1 Å². The summed E-state index contributed by atoms with van der Waals surface area (Å²) in [5.74, 6) is 0.323. The minimum Gasteiger partial charge on any atom is -0.488 e. The summed E-state index contributed by atoms with van der Waals surface area (Å²) in [5.41, 5.74) is 3.93. The van der Waals surface area contributed by atoms with Gasteiger partial charge in [-0.3, -0.25) is 4.79 Å². The molecule has 0 bridgehead atoms. The molecule has 4 rings (SSSR count). The maximum atomic E-state index is 13.5. The van der Waals surface area contributed by atoms with Crippen molar-refractivity contribution in [2.75, 3.05) is 0 Å². The highest BCUT2D eigenvalue weighted by molar-refractivity contribution is 5.84. The van der Waals surface area contributed by atoms with Gasteiger partial charge in [0.25, 0.3) is 5.56 Å². The van der Waals surface area contributed by atoms with E-state index in [1.54, 1.807) is 24.3 Å². The molecule has 0 aliphatic heterocycles. The number of aromatic nitrogens is 2. The summed E-state index contributed by atoms with van der Waals surface area (Å²) in [6.07, 6.45) is 3.40. The number of H-pyrrole nitrogens is 1. The molecule has 4 nitrogen and oxygen atoms in total. The molecule has 154 valence electrons. The largest absolute Gasteiger partial charge is 0.488 e. The van der Waals surface area contributed by atoms with Crippen LogP contribution in [0.15, 0.2) is 83.7 Å². The van der Waals surface area contributed by atoms with Crippen LogP contribution in [0.2, 0.25) is 0 Å². The van der Waals surface area contributed by atoms with Crippen LogP contribution in [0.4, 0.5) is 4.39 Å². The van der Waals surface area contributed by atoms with E-state index < -0.39 is 0 Å². The molecular weight excluding hydrogens is 391 g/mol. The fourth-order valence-corrected chi connectivity index (χ4v) is 3.38. The Labute approximate surface area is 179 Å². The molecule has 0 radical (unpaired) electrons. The molecule has 0 amide bonds. The van der Waals surface area contributed by atoms with Gasteiger partial charge in [0.1, 0.15) is 18.2 Å². The Kier molecular flexibility index (Phi) is 6.03. The van der Waals surface area contributed by atoms with Crippen molar-refractivity contribution in [1.29, 1.82) is 0 Å². The number of nitrogens with zero attached hydrogens (tertiary/aromatic N) is 1. The number of benzene rings is 3. The minimum absolute atomic E-state index is 0.328. The average molecular weight is 412 g/mol. The number of nitrogens with one attached hydrogen (secondary N) is 1. The Morgan fingerprint density at radius 2 is 1.74 bits per heavy atom. The highest BCUT2D eigenvalue weighted by atomic mass is 19.1. The standard InChI is InChI=1S/C26H21FN2O2/c1-18-25(22-12-5-6-13-24(22)31-17-20-8-3-2-4-9-20)23(26(30)29-28-18)15-14-19-10-7-11-21(27)16-19/h2-16H,17H2,1H3,(H,29,30). The summed E-state index contributed by atoms with van der Waals surface area (Å²) in [7, 11) is 0.